The molecule has 0 spiro atoms. The Morgan fingerprint density at radius 2 is 1.92 bits per heavy atom. The lowest BCUT2D eigenvalue weighted by atomic mass is 9.95. The standard InChI is InChI=1S/C22H19NO2/c24-22(20-12-11-17-9-5-13-23-21(17)20)18-8-4-10-19(14-18)25-15-16-6-2-1-3-7-16/h1-10,13-14,20H,11-12,15H2. The van der Waals surface area contributed by atoms with Gasteiger partial charge in [0.1, 0.15) is 12.4 Å². The van der Waals surface area contributed by atoms with Crippen LogP contribution in [0.2, 0.25) is 0 Å². The fraction of sp³-hybridized carbons (Fsp3) is 0.182. The van der Waals surface area contributed by atoms with E-state index in [0.29, 0.717) is 17.9 Å². The molecule has 0 saturated heterocycles. The van der Waals surface area contributed by atoms with Crippen molar-refractivity contribution in [3.63, 3.8) is 0 Å². The molecule has 0 radical (unpaired) electrons. The Hall–Kier alpha value is -2.94. The number of carbonyl (C=O) groups is 1. The summed E-state index contributed by atoms with van der Waals surface area (Å²) in [5.41, 5.74) is 3.92. The number of nitrogens with zero attached hydrogens (tertiary/aromatic N) is 1. The first-order chi connectivity index (χ1) is 12.3. The minimum atomic E-state index is -0.138. The summed E-state index contributed by atoms with van der Waals surface area (Å²) in [7, 11) is 0. The first-order valence-electron chi connectivity index (χ1n) is 8.56. The Kier molecular flexibility index (Phi) is 4.30. The minimum Gasteiger partial charge on any atom is -0.489 e. The zero-order chi connectivity index (χ0) is 17.1. The van der Waals surface area contributed by atoms with E-state index in [9.17, 15) is 4.79 Å². The second kappa shape index (κ2) is 6.89. The van der Waals surface area contributed by atoms with Gasteiger partial charge in [-0.2, -0.15) is 0 Å². The molecule has 0 aliphatic heterocycles. The van der Waals surface area contributed by atoms with E-state index in [0.717, 1.165) is 24.1 Å². The predicted molar refractivity (Wildman–Crippen MR) is 96.8 cm³/mol. The number of hydrogen-bond donors (Lipinski definition) is 0. The molecule has 1 heterocycles. The van der Waals surface area contributed by atoms with Gasteiger partial charge in [-0.3, -0.25) is 9.78 Å². The summed E-state index contributed by atoms with van der Waals surface area (Å²) >= 11 is 0. The van der Waals surface area contributed by atoms with Crippen molar-refractivity contribution < 1.29 is 9.53 Å². The molecular formula is C22H19NO2. The summed E-state index contributed by atoms with van der Waals surface area (Å²) in [5.74, 6) is 0.706. The summed E-state index contributed by atoms with van der Waals surface area (Å²) in [6.07, 6.45) is 3.52. The van der Waals surface area contributed by atoms with Crippen molar-refractivity contribution in [3.05, 3.63) is 95.3 Å². The number of hydrogen-bond acceptors (Lipinski definition) is 3. The Balaban J connectivity index is 1.51. The highest BCUT2D eigenvalue weighted by molar-refractivity contribution is 6.01. The molecule has 25 heavy (non-hydrogen) atoms. The van der Waals surface area contributed by atoms with Gasteiger partial charge in [-0.05, 0) is 42.2 Å². The monoisotopic (exact) mass is 329 g/mol. The normalized spacial score (nSPS) is 15.6. The van der Waals surface area contributed by atoms with Crippen LogP contribution in [-0.4, -0.2) is 10.8 Å². The second-order valence-corrected chi connectivity index (χ2v) is 6.31. The number of ether oxygens (including phenoxy) is 1. The zero-order valence-corrected chi connectivity index (χ0v) is 13.9. The number of rotatable bonds is 5. The molecule has 0 bridgehead atoms. The number of aromatic nitrogens is 1. The molecular weight excluding hydrogens is 310 g/mol. The van der Waals surface area contributed by atoms with Crippen LogP contribution in [0.4, 0.5) is 0 Å². The van der Waals surface area contributed by atoms with Crippen molar-refractivity contribution in [2.45, 2.75) is 25.4 Å². The number of aryl methyl sites for hydroxylation is 1. The van der Waals surface area contributed by atoms with E-state index >= 15 is 0 Å². The van der Waals surface area contributed by atoms with Crippen molar-refractivity contribution in [1.29, 1.82) is 0 Å². The van der Waals surface area contributed by atoms with Crippen LogP contribution in [0.15, 0.2) is 72.9 Å². The molecule has 1 unspecified atom stereocenters. The van der Waals surface area contributed by atoms with E-state index in [1.165, 1.54) is 5.56 Å². The van der Waals surface area contributed by atoms with E-state index in [1.54, 1.807) is 6.20 Å². The molecule has 3 aromatic rings. The second-order valence-electron chi connectivity index (χ2n) is 6.31. The van der Waals surface area contributed by atoms with E-state index in [-0.39, 0.29) is 11.7 Å². The molecule has 0 saturated carbocycles. The average molecular weight is 329 g/mol. The molecule has 1 aliphatic carbocycles. The zero-order valence-electron chi connectivity index (χ0n) is 13.9. The van der Waals surface area contributed by atoms with Gasteiger partial charge in [0.2, 0.25) is 0 Å². The van der Waals surface area contributed by atoms with E-state index in [2.05, 4.69) is 11.1 Å². The number of pyridine rings is 1. The minimum absolute atomic E-state index is 0.127. The fourth-order valence-corrected chi connectivity index (χ4v) is 3.35. The maximum Gasteiger partial charge on any atom is 0.172 e. The van der Waals surface area contributed by atoms with Gasteiger partial charge < -0.3 is 4.74 Å². The number of carbonyl (C=O) groups excluding carboxylic acids is 1. The molecule has 0 amide bonds. The lowest BCUT2D eigenvalue weighted by Crippen LogP contribution is -2.11. The van der Waals surface area contributed by atoms with Crippen LogP contribution in [0.25, 0.3) is 0 Å². The third kappa shape index (κ3) is 3.31. The summed E-state index contributed by atoms with van der Waals surface area (Å²) in [4.78, 5) is 17.4. The smallest absolute Gasteiger partial charge is 0.172 e. The van der Waals surface area contributed by atoms with Crippen LogP contribution < -0.4 is 4.74 Å². The predicted octanol–water partition coefficient (Wildman–Crippen LogP) is 4.57. The quantitative estimate of drug-likeness (QED) is 0.644. The van der Waals surface area contributed by atoms with Crippen molar-refractivity contribution in [1.82, 2.24) is 4.98 Å². The first-order valence-corrected chi connectivity index (χ1v) is 8.56. The van der Waals surface area contributed by atoms with Crippen molar-refractivity contribution in [2.24, 2.45) is 0 Å². The van der Waals surface area contributed by atoms with Crippen molar-refractivity contribution in [2.75, 3.05) is 0 Å². The molecule has 2 aromatic carbocycles. The first kappa shape index (κ1) is 15.6. The van der Waals surface area contributed by atoms with Crippen molar-refractivity contribution in [3.8, 4) is 5.75 Å². The van der Waals surface area contributed by atoms with Crippen LogP contribution in [0.3, 0.4) is 0 Å². The van der Waals surface area contributed by atoms with Crippen LogP contribution in [0.5, 0.6) is 5.75 Å². The number of Topliss-reactive ketones (excluding diaryl/α,β-unsaturated/α-hetero) is 1. The number of fused-ring (bicyclic) bond motifs is 1. The molecule has 0 fully saturated rings. The van der Waals surface area contributed by atoms with Gasteiger partial charge in [-0.25, -0.2) is 0 Å². The van der Waals surface area contributed by atoms with Crippen LogP contribution >= 0.6 is 0 Å². The maximum atomic E-state index is 12.9. The third-order valence-electron chi connectivity index (χ3n) is 4.64. The van der Waals surface area contributed by atoms with Gasteiger partial charge in [-0.15, -0.1) is 0 Å². The Morgan fingerprint density at radius 3 is 2.80 bits per heavy atom. The van der Waals surface area contributed by atoms with Crippen LogP contribution in [0, 0.1) is 0 Å². The summed E-state index contributed by atoms with van der Waals surface area (Å²) in [5, 5.41) is 0. The third-order valence-corrected chi connectivity index (χ3v) is 4.64. The highest BCUT2D eigenvalue weighted by atomic mass is 16.5. The molecule has 3 nitrogen and oxygen atoms in total. The molecule has 0 N–H and O–H groups in total. The highest BCUT2D eigenvalue weighted by Gasteiger charge is 2.30. The largest absolute Gasteiger partial charge is 0.489 e. The molecule has 1 aliphatic rings. The highest BCUT2D eigenvalue weighted by Crippen LogP contribution is 2.34. The van der Waals surface area contributed by atoms with Gasteiger partial charge in [-0.1, -0.05) is 48.5 Å². The van der Waals surface area contributed by atoms with E-state index in [1.807, 2.05) is 60.7 Å². The molecule has 4 rings (SSSR count). The Morgan fingerprint density at radius 1 is 1.04 bits per heavy atom. The lowest BCUT2D eigenvalue weighted by molar-refractivity contribution is 0.0957. The van der Waals surface area contributed by atoms with Gasteiger partial charge >= 0.3 is 0 Å². The fourth-order valence-electron chi connectivity index (χ4n) is 3.35. The average Bonchev–Trinajstić information content (AvgIpc) is 3.11. The summed E-state index contributed by atoms with van der Waals surface area (Å²) < 4.78 is 5.85. The van der Waals surface area contributed by atoms with Crippen LogP contribution in [0.1, 0.15) is 39.5 Å². The molecule has 3 heteroatoms. The topological polar surface area (TPSA) is 39.2 Å². The molecule has 1 atom stereocenters. The summed E-state index contributed by atoms with van der Waals surface area (Å²) in [6.45, 7) is 0.492. The number of benzene rings is 2. The van der Waals surface area contributed by atoms with Crippen molar-refractivity contribution >= 4 is 5.78 Å². The van der Waals surface area contributed by atoms with Crippen LogP contribution in [-0.2, 0) is 13.0 Å². The maximum absolute atomic E-state index is 12.9. The van der Waals surface area contributed by atoms with Gasteiger partial charge in [0.25, 0.3) is 0 Å². The van der Waals surface area contributed by atoms with Gasteiger partial charge in [0.15, 0.2) is 5.78 Å². The van der Waals surface area contributed by atoms with Gasteiger partial charge in [0.05, 0.1) is 11.6 Å². The lowest BCUT2D eigenvalue weighted by Gasteiger charge is -2.11. The van der Waals surface area contributed by atoms with E-state index < -0.39 is 0 Å². The SMILES string of the molecule is O=C(c1cccc(OCc2ccccc2)c1)C1CCc2cccnc21. The molecule has 1 aromatic heterocycles. The molecule has 124 valence electrons. The van der Waals surface area contributed by atoms with E-state index in [4.69, 9.17) is 4.74 Å². The Bertz CT molecular complexity index is 889. The Labute approximate surface area is 147 Å². The van der Waals surface area contributed by atoms with Gasteiger partial charge in [0, 0.05) is 11.8 Å². The number of ketones is 1. The summed E-state index contributed by atoms with van der Waals surface area (Å²) in [6, 6.07) is 21.5.